The maximum Gasteiger partial charge on any atom is 0.185 e. The molecule has 4 heteroatoms. The molecule has 0 bridgehead atoms. The molecule has 2 heterocycles. The molecule has 1 aliphatic heterocycles. The largest absolute Gasteiger partial charge is 0.345 e. The van der Waals surface area contributed by atoms with E-state index in [9.17, 15) is 0 Å². The van der Waals surface area contributed by atoms with Crippen LogP contribution in [0.1, 0.15) is 52.1 Å². The number of hydrogen-bond acceptors (Lipinski definition) is 4. The first kappa shape index (κ1) is 14.8. The van der Waals surface area contributed by atoms with Crippen LogP contribution in [0.25, 0.3) is 0 Å². The van der Waals surface area contributed by atoms with Crippen molar-refractivity contribution in [3.63, 3.8) is 0 Å². The van der Waals surface area contributed by atoms with Crippen molar-refractivity contribution in [2.45, 2.75) is 59.0 Å². The van der Waals surface area contributed by atoms with Crippen molar-refractivity contribution < 1.29 is 0 Å². The van der Waals surface area contributed by atoms with E-state index in [-0.39, 0.29) is 0 Å². The minimum atomic E-state index is 0.644. The van der Waals surface area contributed by atoms with Gasteiger partial charge in [0.05, 0.1) is 5.69 Å². The van der Waals surface area contributed by atoms with Crippen LogP contribution in [0.2, 0.25) is 0 Å². The van der Waals surface area contributed by atoms with Crippen molar-refractivity contribution in [3.05, 3.63) is 11.1 Å². The number of nitrogens with one attached hydrogen (secondary N) is 1. The highest BCUT2D eigenvalue weighted by Gasteiger charge is 2.19. The van der Waals surface area contributed by atoms with E-state index >= 15 is 0 Å². The quantitative estimate of drug-likeness (QED) is 0.893. The van der Waals surface area contributed by atoms with Gasteiger partial charge in [0.25, 0.3) is 0 Å². The summed E-state index contributed by atoms with van der Waals surface area (Å²) in [4.78, 5) is 7.31. The molecule has 1 saturated heterocycles. The summed E-state index contributed by atoms with van der Waals surface area (Å²) in [5, 5.41) is 6.89. The molecule has 108 valence electrons. The Bertz CT molecular complexity index is 375. The van der Waals surface area contributed by atoms with Gasteiger partial charge in [0.2, 0.25) is 0 Å². The molecular formula is C15H27N3S. The lowest BCUT2D eigenvalue weighted by Gasteiger charge is -2.26. The third-order valence-electron chi connectivity index (χ3n) is 3.70. The Balaban J connectivity index is 1.91. The fourth-order valence-electron chi connectivity index (χ4n) is 2.56. The molecule has 1 aromatic heterocycles. The van der Waals surface area contributed by atoms with Crippen LogP contribution < -0.4 is 10.2 Å². The zero-order chi connectivity index (χ0) is 13.7. The second-order valence-corrected chi connectivity index (χ2v) is 6.87. The van der Waals surface area contributed by atoms with Crippen LogP contribution in [0, 0.1) is 5.92 Å². The average Bonchev–Trinajstić information content (AvgIpc) is 2.71. The third kappa shape index (κ3) is 4.46. The van der Waals surface area contributed by atoms with Gasteiger partial charge in [-0.3, -0.25) is 0 Å². The molecule has 19 heavy (non-hydrogen) atoms. The van der Waals surface area contributed by atoms with Gasteiger partial charge in [-0.05, 0) is 32.2 Å². The summed E-state index contributed by atoms with van der Waals surface area (Å²) in [5.74, 6) is 0.698. The summed E-state index contributed by atoms with van der Waals surface area (Å²) >= 11 is 1.80. The van der Waals surface area contributed by atoms with Crippen molar-refractivity contribution in [2.24, 2.45) is 5.92 Å². The van der Waals surface area contributed by atoms with Crippen LogP contribution in [0.3, 0.4) is 0 Å². The molecule has 0 radical (unpaired) electrons. The number of aromatic nitrogens is 1. The molecule has 1 N–H and O–H groups in total. The number of nitrogens with zero attached hydrogens (tertiary/aromatic N) is 2. The smallest absolute Gasteiger partial charge is 0.185 e. The van der Waals surface area contributed by atoms with Crippen molar-refractivity contribution >= 4 is 16.5 Å². The van der Waals surface area contributed by atoms with E-state index in [0.717, 1.165) is 13.1 Å². The van der Waals surface area contributed by atoms with E-state index in [1.165, 1.54) is 43.1 Å². The number of thiazole rings is 1. The summed E-state index contributed by atoms with van der Waals surface area (Å²) in [6.45, 7) is 9.94. The molecule has 0 aliphatic carbocycles. The summed E-state index contributed by atoms with van der Waals surface area (Å²) in [5.41, 5.74) is 1.19. The lowest BCUT2D eigenvalue weighted by Crippen LogP contribution is -2.32. The van der Waals surface area contributed by atoms with Gasteiger partial charge < -0.3 is 10.2 Å². The summed E-state index contributed by atoms with van der Waals surface area (Å²) < 4.78 is 0. The molecule has 0 spiro atoms. The molecule has 0 aromatic carbocycles. The lowest BCUT2D eigenvalue weighted by molar-refractivity contribution is 0.548. The Labute approximate surface area is 121 Å². The van der Waals surface area contributed by atoms with Gasteiger partial charge in [-0.2, -0.15) is 0 Å². The maximum atomic E-state index is 4.80. The van der Waals surface area contributed by atoms with Crippen LogP contribution in [-0.2, 0) is 6.54 Å². The van der Waals surface area contributed by atoms with E-state index < -0.39 is 0 Å². The van der Waals surface area contributed by atoms with Crippen LogP contribution in [-0.4, -0.2) is 24.1 Å². The molecule has 0 saturated carbocycles. The van der Waals surface area contributed by atoms with Gasteiger partial charge in [0, 0.05) is 24.5 Å². The average molecular weight is 281 g/mol. The Hall–Kier alpha value is -0.610. The van der Waals surface area contributed by atoms with Gasteiger partial charge in [-0.1, -0.05) is 26.7 Å². The molecule has 1 aliphatic rings. The minimum Gasteiger partial charge on any atom is -0.345 e. The molecule has 1 aromatic rings. The molecule has 2 rings (SSSR count). The standard InChI is InChI=1S/C15H27N3S/c1-12(2)9-16-10-14-11-19-15(17-14)18-8-6-4-5-7-13(18)3/h11-13,16H,4-10H2,1-3H3. The van der Waals surface area contributed by atoms with E-state index in [4.69, 9.17) is 4.98 Å². The first-order valence-electron chi connectivity index (χ1n) is 7.58. The molecular weight excluding hydrogens is 254 g/mol. The lowest BCUT2D eigenvalue weighted by atomic mass is 10.1. The van der Waals surface area contributed by atoms with Crippen molar-refractivity contribution in [2.75, 3.05) is 18.0 Å². The van der Waals surface area contributed by atoms with Crippen LogP contribution in [0.15, 0.2) is 5.38 Å². The number of anilines is 1. The minimum absolute atomic E-state index is 0.644. The van der Waals surface area contributed by atoms with Gasteiger partial charge in [0.1, 0.15) is 0 Å². The fraction of sp³-hybridized carbons (Fsp3) is 0.800. The van der Waals surface area contributed by atoms with E-state index in [1.807, 2.05) is 0 Å². The Kier molecular flexibility index (Phi) is 5.64. The molecule has 3 nitrogen and oxygen atoms in total. The van der Waals surface area contributed by atoms with Crippen molar-refractivity contribution in [1.82, 2.24) is 10.3 Å². The zero-order valence-corrected chi connectivity index (χ0v) is 13.3. The Morgan fingerprint density at radius 1 is 1.42 bits per heavy atom. The second kappa shape index (κ2) is 7.25. The number of hydrogen-bond donors (Lipinski definition) is 1. The monoisotopic (exact) mass is 281 g/mol. The maximum absolute atomic E-state index is 4.80. The number of rotatable bonds is 5. The summed E-state index contributed by atoms with van der Waals surface area (Å²) in [6, 6.07) is 0.644. The normalized spacial score (nSPS) is 20.8. The highest BCUT2D eigenvalue weighted by atomic mass is 32.1. The predicted octanol–water partition coefficient (Wildman–Crippen LogP) is 3.66. The van der Waals surface area contributed by atoms with Crippen LogP contribution >= 0.6 is 11.3 Å². The molecule has 1 fully saturated rings. The van der Waals surface area contributed by atoms with Crippen molar-refractivity contribution in [3.8, 4) is 0 Å². The zero-order valence-electron chi connectivity index (χ0n) is 12.5. The molecule has 1 atom stereocenters. The molecule has 1 unspecified atom stereocenters. The second-order valence-electron chi connectivity index (χ2n) is 6.04. The van der Waals surface area contributed by atoms with Gasteiger partial charge in [-0.15, -0.1) is 11.3 Å². The SMILES string of the molecule is CC(C)CNCc1csc(N2CCCCCC2C)n1. The van der Waals surface area contributed by atoms with E-state index in [1.54, 1.807) is 11.3 Å². The molecule has 0 amide bonds. The first-order valence-corrected chi connectivity index (χ1v) is 8.46. The Morgan fingerprint density at radius 2 is 2.26 bits per heavy atom. The van der Waals surface area contributed by atoms with Gasteiger partial charge in [-0.25, -0.2) is 4.98 Å². The first-order chi connectivity index (χ1) is 9.16. The third-order valence-corrected chi connectivity index (χ3v) is 4.62. The summed E-state index contributed by atoms with van der Waals surface area (Å²) in [6.07, 6.45) is 5.35. The van der Waals surface area contributed by atoms with Crippen LogP contribution in [0.5, 0.6) is 0 Å². The Morgan fingerprint density at radius 3 is 3.05 bits per heavy atom. The van der Waals surface area contributed by atoms with Crippen LogP contribution in [0.4, 0.5) is 5.13 Å². The highest BCUT2D eigenvalue weighted by molar-refractivity contribution is 7.13. The van der Waals surface area contributed by atoms with Gasteiger partial charge >= 0.3 is 0 Å². The fourth-order valence-corrected chi connectivity index (χ4v) is 3.51. The van der Waals surface area contributed by atoms with E-state index in [2.05, 4.69) is 36.4 Å². The highest BCUT2D eigenvalue weighted by Crippen LogP contribution is 2.27. The van der Waals surface area contributed by atoms with E-state index in [0.29, 0.717) is 12.0 Å². The predicted molar refractivity (Wildman–Crippen MR) is 83.9 cm³/mol. The van der Waals surface area contributed by atoms with Crippen molar-refractivity contribution in [1.29, 1.82) is 0 Å². The van der Waals surface area contributed by atoms with Gasteiger partial charge in [0.15, 0.2) is 5.13 Å². The summed E-state index contributed by atoms with van der Waals surface area (Å²) in [7, 11) is 0. The topological polar surface area (TPSA) is 28.2 Å².